The molecule has 0 saturated heterocycles. The Labute approximate surface area is 210 Å². The van der Waals surface area contributed by atoms with Gasteiger partial charge in [0.15, 0.2) is 11.5 Å². The summed E-state index contributed by atoms with van der Waals surface area (Å²) in [5.74, 6) is 0.832. The molecule has 1 N–H and O–H groups in total. The molecule has 8 nitrogen and oxygen atoms in total. The van der Waals surface area contributed by atoms with Crippen LogP contribution in [0.4, 0.5) is 5.69 Å². The Hall–Kier alpha value is -3.94. The molecule has 2 aromatic carbocycles. The molecule has 1 atom stereocenters. The molecule has 0 fully saturated rings. The first-order chi connectivity index (χ1) is 17.3. The lowest BCUT2D eigenvalue weighted by atomic mass is 9.83. The topological polar surface area (TPSA) is 82.0 Å². The molecule has 2 aliphatic heterocycles. The van der Waals surface area contributed by atoms with Crippen LogP contribution in [0.3, 0.4) is 0 Å². The zero-order chi connectivity index (χ0) is 25.7. The van der Waals surface area contributed by atoms with Gasteiger partial charge >= 0.3 is 0 Å². The maximum Gasteiger partial charge on any atom is 0.259 e. The Morgan fingerprint density at radius 1 is 1.06 bits per heavy atom. The van der Waals surface area contributed by atoms with E-state index in [1.165, 1.54) is 11.8 Å². The Balaban J connectivity index is 1.85. The Morgan fingerprint density at radius 3 is 2.44 bits per heavy atom. The van der Waals surface area contributed by atoms with Crippen LogP contribution < -0.4 is 19.5 Å². The summed E-state index contributed by atoms with van der Waals surface area (Å²) in [6.45, 7) is 6.80. The smallest absolute Gasteiger partial charge is 0.259 e. The van der Waals surface area contributed by atoms with E-state index in [0.29, 0.717) is 28.7 Å². The first kappa shape index (κ1) is 23.8. The SMILES string of the molecule is COc1ccc([C@H]2C3=C(CN(C(C)=O)C3=O)Nc3cccc4c3c2cn4CC(C)C)c(OC)c1OC. The summed E-state index contributed by atoms with van der Waals surface area (Å²) in [5, 5.41) is 4.56. The summed E-state index contributed by atoms with van der Waals surface area (Å²) in [5.41, 5.74) is 5.00. The lowest BCUT2D eigenvalue weighted by Crippen LogP contribution is -2.33. The Kier molecular flexibility index (Phi) is 5.90. The van der Waals surface area contributed by atoms with Crippen molar-refractivity contribution in [2.75, 3.05) is 33.2 Å². The molecule has 188 valence electrons. The highest BCUT2D eigenvalue weighted by Gasteiger charge is 2.43. The van der Waals surface area contributed by atoms with Crippen LogP contribution >= 0.6 is 0 Å². The highest BCUT2D eigenvalue weighted by atomic mass is 16.5. The summed E-state index contributed by atoms with van der Waals surface area (Å²) in [4.78, 5) is 27.4. The summed E-state index contributed by atoms with van der Waals surface area (Å²) in [6, 6.07) is 9.88. The molecule has 0 unspecified atom stereocenters. The van der Waals surface area contributed by atoms with Crippen LogP contribution in [0.25, 0.3) is 10.9 Å². The van der Waals surface area contributed by atoms with E-state index in [-0.39, 0.29) is 18.4 Å². The van der Waals surface area contributed by atoms with Gasteiger partial charge in [-0.05, 0) is 29.7 Å². The number of hydrogen-bond acceptors (Lipinski definition) is 6. The molecule has 0 radical (unpaired) electrons. The number of ether oxygens (including phenoxy) is 3. The van der Waals surface area contributed by atoms with Crippen molar-refractivity contribution in [3.63, 3.8) is 0 Å². The number of hydrogen-bond donors (Lipinski definition) is 1. The summed E-state index contributed by atoms with van der Waals surface area (Å²) >= 11 is 0. The van der Waals surface area contributed by atoms with Crippen molar-refractivity contribution in [1.29, 1.82) is 0 Å². The van der Waals surface area contributed by atoms with Crippen LogP contribution in [0.15, 0.2) is 47.8 Å². The van der Waals surface area contributed by atoms with Gasteiger partial charge in [-0.2, -0.15) is 0 Å². The van der Waals surface area contributed by atoms with Crippen molar-refractivity contribution in [3.8, 4) is 17.2 Å². The van der Waals surface area contributed by atoms with Gasteiger partial charge in [0.1, 0.15) is 0 Å². The minimum absolute atomic E-state index is 0.197. The van der Waals surface area contributed by atoms with Crippen molar-refractivity contribution in [3.05, 3.63) is 58.9 Å². The molecular formula is C28H31N3O5. The lowest BCUT2D eigenvalue weighted by Gasteiger charge is -2.23. The molecule has 5 rings (SSSR count). The first-order valence-electron chi connectivity index (χ1n) is 12.0. The molecule has 36 heavy (non-hydrogen) atoms. The van der Waals surface area contributed by atoms with Gasteiger partial charge in [-0.15, -0.1) is 0 Å². The van der Waals surface area contributed by atoms with Gasteiger partial charge in [-0.1, -0.05) is 26.0 Å². The van der Waals surface area contributed by atoms with Gasteiger partial charge in [0.2, 0.25) is 11.7 Å². The van der Waals surface area contributed by atoms with Crippen molar-refractivity contribution in [1.82, 2.24) is 9.47 Å². The molecular weight excluding hydrogens is 458 g/mol. The number of methoxy groups -OCH3 is 3. The second-order valence-electron chi connectivity index (χ2n) is 9.61. The number of aromatic nitrogens is 1. The summed E-state index contributed by atoms with van der Waals surface area (Å²) in [6.07, 6.45) is 2.14. The van der Waals surface area contributed by atoms with E-state index in [1.807, 2.05) is 24.3 Å². The number of nitrogens with zero attached hydrogens (tertiary/aromatic N) is 2. The standard InChI is InChI=1S/C28H31N3O5/c1-15(2)12-30-13-18-23(17-10-11-22(34-4)27(36-6)26(17)35-5)25-20(14-31(16(3)32)28(25)33)29-19-8-7-9-21(30)24(18)19/h7-11,13,15,23,29H,12,14H2,1-6H3/t23-/m1/s1. The normalized spacial score (nSPS) is 16.8. The predicted octanol–water partition coefficient (Wildman–Crippen LogP) is 4.52. The molecule has 0 bridgehead atoms. The van der Waals surface area contributed by atoms with E-state index in [0.717, 1.165) is 40.0 Å². The second-order valence-corrected chi connectivity index (χ2v) is 9.61. The van der Waals surface area contributed by atoms with Gasteiger partial charge in [0.05, 0.1) is 39.0 Å². The highest BCUT2D eigenvalue weighted by molar-refractivity contribution is 6.11. The first-order valence-corrected chi connectivity index (χ1v) is 12.0. The number of anilines is 1. The van der Waals surface area contributed by atoms with E-state index < -0.39 is 5.92 Å². The zero-order valence-electron chi connectivity index (χ0n) is 21.5. The number of amides is 2. The molecule has 3 aromatic rings. The third kappa shape index (κ3) is 3.51. The number of imide groups is 1. The Morgan fingerprint density at radius 2 is 1.81 bits per heavy atom. The quantitative estimate of drug-likeness (QED) is 0.548. The van der Waals surface area contributed by atoms with Crippen molar-refractivity contribution >= 4 is 28.4 Å². The number of carbonyl (C=O) groups excluding carboxylic acids is 2. The lowest BCUT2D eigenvalue weighted by molar-refractivity contribution is -0.139. The largest absolute Gasteiger partial charge is 0.493 e. The monoisotopic (exact) mass is 489 g/mol. The van der Waals surface area contributed by atoms with E-state index in [2.05, 4.69) is 36.0 Å². The third-order valence-electron chi connectivity index (χ3n) is 6.93. The molecule has 8 heteroatoms. The third-order valence-corrected chi connectivity index (χ3v) is 6.93. The maximum atomic E-state index is 13.8. The average Bonchev–Trinajstić information content (AvgIpc) is 3.32. The molecule has 0 aliphatic carbocycles. The molecule has 2 amide bonds. The van der Waals surface area contributed by atoms with Crippen molar-refractivity contribution in [2.45, 2.75) is 33.2 Å². The van der Waals surface area contributed by atoms with Gasteiger partial charge < -0.3 is 24.1 Å². The van der Waals surface area contributed by atoms with Crippen LogP contribution in [0.5, 0.6) is 17.2 Å². The number of nitrogens with one attached hydrogen (secondary N) is 1. The minimum atomic E-state index is -0.487. The summed E-state index contributed by atoms with van der Waals surface area (Å²) in [7, 11) is 4.72. The molecule has 0 saturated carbocycles. The molecule has 0 spiro atoms. The molecule has 2 aliphatic rings. The minimum Gasteiger partial charge on any atom is -0.493 e. The molecule has 1 aromatic heterocycles. The number of rotatable bonds is 6. The molecule has 3 heterocycles. The van der Waals surface area contributed by atoms with Crippen LogP contribution in [-0.2, 0) is 16.1 Å². The fraction of sp³-hybridized carbons (Fsp3) is 0.357. The van der Waals surface area contributed by atoms with E-state index in [4.69, 9.17) is 14.2 Å². The van der Waals surface area contributed by atoms with E-state index in [1.54, 1.807) is 21.3 Å². The van der Waals surface area contributed by atoms with Crippen molar-refractivity contribution < 1.29 is 23.8 Å². The van der Waals surface area contributed by atoms with Gasteiger partial charge in [-0.3, -0.25) is 14.5 Å². The van der Waals surface area contributed by atoms with Crippen LogP contribution in [0.1, 0.15) is 37.8 Å². The predicted molar refractivity (Wildman–Crippen MR) is 138 cm³/mol. The van der Waals surface area contributed by atoms with Gasteiger partial charge in [0.25, 0.3) is 5.91 Å². The Bertz CT molecular complexity index is 1420. The van der Waals surface area contributed by atoms with Crippen LogP contribution in [0.2, 0.25) is 0 Å². The maximum absolute atomic E-state index is 13.8. The average molecular weight is 490 g/mol. The van der Waals surface area contributed by atoms with Crippen molar-refractivity contribution in [2.24, 2.45) is 5.92 Å². The van der Waals surface area contributed by atoms with Gasteiger partial charge in [-0.25, -0.2) is 0 Å². The van der Waals surface area contributed by atoms with E-state index in [9.17, 15) is 9.59 Å². The highest BCUT2D eigenvalue weighted by Crippen LogP contribution is 2.51. The number of benzene rings is 2. The van der Waals surface area contributed by atoms with Crippen LogP contribution in [-0.4, -0.2) is 49.2 Å². The van der Waals surface area contributed by atoms with Crippen LogP contribution in [0, 0.1) is 5.92 Å². The fourth-order valence-corrected chi connectivity index (χ4v) is 5.49. The van der Waals surface area contributed by atoms with Gasteiger partial charge in [0, 0.05) is 47.9 Å². The zero-order valence-corrected chi connectivity index (χ0v) is 21.5. The summed E-state index contributed by atoms with van der Waals surface area (Å²) < 4.78 is 19.3. The second kappa shape index (κ2) is 8.93. The van der Waals surface area contributed by atoms with E-state index >= 15 is 0 Å². The number of carbonyl (C=O) groups is 2. The fourth-order valence-electron chi connectivity index (χ4n) is 5.49.